The van der Waals surface area contributed by atoms with Gasteiger partial charge in [0.15, 0.2) is 11.5 Å². The number of hydrogen-bond acceptors (Lipinski definition) is 7. The quantitative estimate of drug-likeness (QED) is 0.390. The van der Waals surface area contributed by atoms with Crippen molar-refractivity contribution in [2.45, 2.75) is 0 Å². The summed E-state index contributed by atoms with van der Waals surface area (Å²) in [5, 5.41) is 13.8. The van der Waals surface area contributed by atoms with Crippen molar-refractivity contribution in [2.75, 3.05) is 20.3 Å². The zero-order valence-corrected chi connectivity index (χ0v) is 18.1. The molecule has 0 saturated carbocycles. The predicted octanol–water partition coefficient (Wildman–Crippen LogP) is 2.77. The van der Waals surface area contributed by atoms with Crippen LogP contribution in [0.4, 0.5) is 0 Å². The molecule has 0 aliphatic carbocycles. The highest BCUT2D eigenvalue weighted by molar-refractivity contribution is 7.92. The highest BCUT2D eigenvalue weighted by atomic mass is 32.2. The molecule has 0 radical (unpaired) electrons. The number of methoxy groups -OCH3 is 1. The Morgan fingerprint density at radius 3 is 2.53 bits per heavy atom. The van der Waals surface area contributed by atoms with Crippen LogP contribution < -0.4 is 14.2 Å². The molecule has 9 nitrogen and oxygen atoms in total. The Kier molecular flexibility index (Phi) is 6.43. The molecule has 0 aliphatic heterocycles. The van der Waals surface area contributed by atoms with Gasteiger partial charge in [0.2, 0.25) is 15.9 Å². The molecule has 10 heteroatoms. The Balaban J connectivity index is 1.37. The Labute approximate surface area is 185 Å². The summed E-state index contributed by atoms with van der Waals surface area (Å²) in [6, 6.07) is 20.0. The molecule has 2 aromatic carbocycles. The number of sulfonamides is 1. The molecule has 0 fully saturated rings. The molecule has 0 unspecified atom stereocenters. The maximum Gasteiger partial charge on any atom is 0.233 e. The van der Waals surface area contributed by atoms with Crippen molar-refractivity contribution < 1.29 is 17.9 Å². The summed E-state index contributed by atoms with van der Waals surface area (Å²) >= 11 is 0. The van der Waals surface area contributed by atoms with Crippen LogP contribution >= 0.6 is 0 Å². The van der Waals surface area contributed by atoms with Gasteiger partial charge in [-0.1, -0.05) is 30.3 Å². The van der Waals surface area contributed by atoms with Crippen molar-refractivity contribution in [1.29, 1.82) is 0 Å². The fourth-order valence-corrected chi connectivity index (χ4v) is 3.69. The number of fused-ring (bicyclic) bond motifs is 1. The van der Waals surface area contributed by atoms with Gasteiger partial charge in [-0.3, -0.25) is 0 Å². The largest absolute Gasteiger partial charge is 0.497 e. The second-order valence-corrected chi connectivity index (χ2v) is 8.35. The number of ether oxygens (including phenoxy) is 2. The van der Waals surface area contributed by atoms with Gasteiger partial charge >= 0.3 is 0 Å². The lowest BCUT2D eigenvalue weighted by molar-refractivity contribution is 0.306. The van der Waals surface area contributed by atoms with Crippen LogP contribution in [0.3, 0.4) is 0 Å². The Bertz CT molecular complexity index is 1320. The van der Waals surface area contributed by atoms with Crippen molar-refractivity contribution in [1.82, 2.24) is 24.5 Å². The number of aromatic nitrogens is 4. The highest BCUT2D eigenvalue weighted by Crippen LogP contribution is 2.21. The maximum atomic E-state index is 12.1. The highest BCUT2D eigenvalue weighted by Gasteiger charge is 2.11. The lowest BCUT2D eigenvalue weighted by Gasteiger charge is -2.07. The van der Waals surface area contributed by atoms with E-state index in [1.54, 1.807) is 23.8 Å². The molecule has 4 rings (SSSR count). The van der Waals surface area contributed by atoms with Crippen molar-refractivity contribution in [3.05, 3.63) is 77.7 Å². The molecule has 2 aromatic heterocycles. The van der Waals surface area contributed by atoms with E-state index >= 15 is 0 Å². The Morgan fingerprint density at radius 2 is 1.78 bits per heavy atom. The van der Waals surface area contributed by atoms with Crippen LogP contribution in [-0.2, 0) is 10.0 Å². The van der Waals surface area contributed by atoms with E-state index in [0.717, 1.165) is 22.3 Å². The average molecular weight is 452 g/mol. The van der Waals surface area contributed by atoms with E-state index in [9.17, 15) is 8.42 Å². The topological polar surface area (TPSA) is 108 Å². The molecule has 0 bridgehead atoms. The minimum Gasteiger partial charge on any atom is -0.497 e. The lowest BCUT2D eigenvalue weighted by atomic mass is 10.2. The van der Waals surface area contributed by atoms with Crippen LogP contribution in [0.5, 0.6) is 11.6 Å². The third-order valence-electron chi connectivity index (χ3n) is 4.48. The molecule has 4 aromatic rings. The third kappa shape index (κ3) is 5.29. The predicted molar refractivity (Wildman–Crippen MR) is 121 cm³/mol. The molecule has 2 heterocycles. The molecule has 1 N–H and O–H groups in total. The van der Waals surface area contributed by atoms with Crippen molar-refractivity contribution in [3.63, 3.8) is 0 Å². The van der Waals surface area contributed by atoms with Crippen LogP contribution in [0.15, 0.2) is 72.1 Å². The molecule has 32 heavy (non-hydrogen) atoms. The van der Waals surface area contributed by atoms with Crippen LogP contribution in [0.2, 0.25) is 0 Å². The third-order valence-corrected chi connectivity index (χ3v) is 5.58. The molecule has 164 valence electrons. The number of benzene rings is 2. The first-order valence-corrected chi connectivity index (χ1v) is 11.3. The van der Waals surface area contributed by atoms with Gasteiger partial charge in [0, 0.05) is 23.6 Å². The fourth-order valence-electron chi connectivity index (χ4n) is 2.89. The van der Waals surface area contributed by atoms with Gasteiger partial charge in [0.1, 0.15) is 12.4 Å². The van der Waals surface area contributed by atoms with Gasteiger partial charge in [-0.2, -0.15) is 4.52 Å². The van der Waals surface area contributed by atoms with E-state index in [1.165, 1.54) is 6.08 Å². The monoisotopic (exact) mass is 451 g/mol. The van der Waals surface area contributed by atoms with E-state index in [0.29, 0.717) is 17.4 Å². The van der Waals surface area contributed by atoms with Gasteiger partial charge in [-0.25, -0.2) is 13.1 Å². The first kappa shape index (κ1) is 21.5. The normalized spacial score (nSPS) is 11.8. The SMILES string of the molecule is COc1ccc(-c2nnc3ccc(OCCNS(=O)(=O)/C=C/c4ccccc4)nn23)cc1. The van der Waals surface area contributed by atoms with Crippen molar-refractivity contribution in [2.24, 2.45) is 0 Å². The van der Waals surface area contributed by atoms with Gasteiger partial charge < -0.3 is 9.47 Å². The Hall–Kier alpha value is -3.76. The number of hydrogen-bond donors (Lipinski definition) is 1. The second kappa shape index (κ2) is 9.58. The minimum absolute atomic E-state index is 0.0920. The van der Waals surface area contributed by atoms with E-state index < -0.39 is 10.0 Å². The van der Waals surface area contributed by atoms with E-state index in [-0.39, 0.29) is 13.2 Å². The smallest absolute Gasteiger partial charge is 0.233 e. The molecule has 0 atom stereocenters. The number of nitrogens with one attached hydrogen (secondary N) is 1. The molecular weight excluding hydrogens is 430 g/mol. The summed E-state index contributed by atoms with van der Waals surface area (Å²) in [6.45, 7) is 0.200. The van der Waals surface area contributed by atoms with Gasteiger partial charge in [-0.05, 0) is 42.0 Å². The van der Waals surface area contributed by atoms with Gasteiger partial charge in [-0.15, -0.1) is 15.3 Å². The van der Waals surface area contributed by atoms with E-state index in [2.05, 4.69) is 20.0 Å². The van der Waals surface area contributed by atoms with Gasteiger partial charge in [0.25, 0.3) is 0 Å². The molecular formula is C22H21N5O4S. The first-order chi connectivity index (χ1) is 15.5. The summed E-state index contributed by atoms with van der Waals surface area (Å²) < 4.78 is 39.0. The summed E-state index contributed by atoms with van der Waals surface area (Å²) in [7, 11) is -1.97. The number of rotatable bonds is 9. The molecule has 0 amide bonds. The zero-order chi connectivity index (χ0) is 22.4. The van der Waals surface area contributed by atoms with Gasteiger partial charge in [0.05, 0.1) is 7.11 Å². The lowest BCUT2D eigenvalue weighted by Crippen LogP contribution is -2.26. The van der Waals surface area contributed by atoms with Crippen LogP contribution in [0, 0.1) is 0 Å². The summed E-state index contributed by atoms with van der Waals surface area (Å²) in [4.78, 5) is 0. The minimum atomic E-state index is -3.57. The Morgan fingerprint density at radius 1 is 1.00 bits per heavy atom. The summed E-state index contributed by atoms with van der Waals surface area (Å²) in [5.41, 5.74) is 2.18. The van der Waals surface area contributed by atoms with Crippen LogP contribution in [-0.4, -0.2) is 48.5 Å². The summed E-state index contributed by atoms with van der Waals surface area (Å²) in [5.74, 6) is 1.62. The maximum absolute atomic E-state index is 12.1. The van der Waals surface area contributed by atoms with Crippen LogP contribution in [0.25, 0.3) is 23.1 Å². The molecule has 0 saturated heterocycles. The number of nitrogens with zero attached hydrogens (tertiary/aromatic N) is 4. The summed E-state index contributed by atoms with van der Waals surface area (Å²) in [6.07, 6.45) is 1.53. The van der Waals surface area contributed by atoms with Crippen molar-refractivity contribution >= 4 is 21.7 Å². The fraction of sp³-hybridized carbons (Fsp3) is 0.136. The second-order valence-electron chi connectivity index (χ2n) is 6.69. The molecule has 0 aliphatic rings. The standard InChI is InChI=1S/C22H21N5O4S/c1-30-19-9-7-18(8-10-19)22-25-24-20-11-12-21(26-27(20)22)31-15-14-23-32(28,29)16-13-17-5-3-2-4-6-17/h2-13,16,23H,14-15H2,1H3/b16-13+. The van der Waals surface area contributed by atoms with E-state index in [4.69, 9.17) is 9.47 Å². The molecule has 0 spiro atoms. The zero-order valence-electron chi connectivity index (χ0n) is 17.2. The van der Waals surface area contributed by atoms with Crippen molar-refractivity contribution in [3.8, 4) is 23.0 Å². The van der Waals surface area contributed by atoms with E-state index in [1.807, 2.05) is 54.6 Å². The first-order valence-electron chi connectivity index (χ1n) is 9.76. The van der Waals surface area contributed by atoms with Crippen LogP contribution in [0.1, 0.15) is 5.56 Å². The average Bonchev–Trinajstić information content (AvgIpc) is 3.25.